The highest BCUT2D eigenvalue weighted by Gasteiger charge is 2.22. The Balaban J connectivity index is 1.34. The number of hydrogen-bond donors (Lipinski definition) is 1. The molecular formula is C22H20N4OS2. The predicted octanol–water partition coefficient (Wildman–Crippen LogP) is 4.49. The number of thiophene rings is 1. The molecule has 29 heavy (non-hydrogen) atoms. The number of thiazole rings is 1. The highest BCUT2D eigenvalue weighted by molar-refractivity contribution is 7.15. The molecule has 0 amide bonds. The van der Waals surface area contributed by atoms with E-state index in [1.807, 2.05) is 29.8 Å². The van der Waals surface area contributed by atoms with Crippen LogP contribution in [-0.2, 0) is 19.5 Å². The maximum Gasteiger partial charge on any atom is 0.255 e. The minimum atomic E-state index is -0.0204. The second-order valence-corrected chi connectivity index (χ2v) is 9.29. The molecule has 1 N–H and O–H groups in total. The smallest absolute Gasteiger partial charge is 0.255 e. The van der Waals surface area contributed by atoms with Gasteiger partial charge in [-0.3, -0.25) is 9.69 Å². The van der Waals surface area contributed by atoms with Crippen LogP contribution in [0.25, 0.3) is 21.3 Å². The van der Waals surface area contributed by atoms with E-state index in [0.717, 1.165) is 40.7 Å². The van der Waals surface area contributed by atoms with Crippen molar-refractivity contribution in [1.29, 1.82) is 0 Å². The lowest BCUT2D eigenvalue weighted by molar-refractivity contribution is 0.244. The second kappa shape index (κ2) is 7.67. The standard InChI is InChI=1S/C22H20N4OS2/c1-14-5-2-3-6-16(14)22-23-11-15(29-22)12-26-9-8-18-17(13-26)21(27)25-20(24-18)19-7-4-10-28-19/h2-7,10-11H,8-9,12-13H2,1H3,(H,24,25,27). The van der Waals surface area contributed by atoms with Crippen molar-refractivity contribution in [1.82, 2.24) is 19.9 Å². The van der Waals surface area contributed by atoms with Crippen LogP contribution in [0.1, 0.15) is 21.7 Å². The van der Waals surface area contributed by atoms with Gasteiger partial charge in [0.05, 0.1) is 16.1 Å². The molecule has 146 valence electrons. The van der Waals surface area contributed by atoms with Crippen molar-refractivity contribution in [3.05, 3.63) is 80.0 Å². The molecule has 1 aliphatic rings. The van der Waals surface area contributed by atoms with E-state index in [-0.39, 0.29) is 5.56 Å². The summed E-state index contributed by atoms with van der Waals surface area (Å²) in [5, 5.41) is 3.05. The fourth-order valence-corrected chi connectivity index (χ4v) is 5.40. The fourth-order valence-electron chi connectivity index (χ4n) is 3.68. The minimum absolute atomic E-state index is 0.0204. The molecule has 0 unspecified atom stereocenters. The molecule has 5 rings (SSSR count). The highest BCUT2D eigenvalue weighted by Crippen LogP contribution is 2.29. The molecule has 0 saturated carbocycles. The van der Waals surface area contributed by atoms with Crippen LogP contribution in [0.5, 0.6) is 0 Å². The normalized spacial score (nSPS) is 14.1. The maximum atomic E-state index is 12.7. The summed E-state index contributed by atoms with van der Waals surface area (Å²) in [5.41, 5.74) is 4.13. The van der Waals surface area contributed by atoms with Crippen LogP contribution in [-0.4, -0.2) is 26.4 Å². The Morgan fingerprint density at radius 2 is 2.10 bits per heavy atom. The third kappa shape index (κ3) is 3.69. The summed E-state index contributed by atoms with van der Waals surface area (Å²) in [7, 11) is 0. The number of benzene rings is 1. The Kier molecular flexibility index (Phi) is 4.87. The van der Waals surface area contributed by atoms with Gasteiger partial charge in [-0.15, -0.1) is 22.7 Å². The number of H-pyrrole nitrogens is 1. The van der Waals surface area contributed by atoms with Gasteiger partial charge in [0.1, 0.15) is 5.01 Å². The average Bonchev–Trinajstić information content (AvgIpc) is 3.41. The third-order valence-corrected chi connectivity index (χ3v) is 7.10. The van der Waals surface area contributed by atoms with Crippen molar-refractivity contribution in [2.45, 2.75) is 26.4 Å². The van der Waals surface area contributed by atoms with Gasteiger partial charge in [0.15, 0.2) is 5.82 Å². The van der Waals surface area contributed by atoms with Gasteiger partial charge in [0.2, 0.25) is 0 Å². The van der Waals surface area contributed by atoms with Crippen LogP contribution in [0.15, 0.2) is 52.8 Å². The first-order valence-electron chi connectivity index (χ1n) is 9.56. The molecule has 0 spiro atoms. The SMILES string of the molecule is Cc1ccccc1-c1ncc(CN2CCc3nc(-c4cccs4)[nH]c(=O)c3C2)s1. The van der Waals surface area contributed by atoms with Gasteiger partial charge >= 0.3 is 0 Å². The lowest BCUT2D eigenvalue weighted by atomic mass is 10.1. The predicted molar refractivity (Wildman–Crippen MR) is 118 cm³/mol. The van der Waals surface area contributed by atoms with E-state index < -0.39 is 0 Å². The summed E-state index contributed by atoms with van der Waals surface area (Å²) in [6, 6.07) is 12.3. The fraction of sp³-hybridized carbons (Fsp3) is 0.227. The number of rotatable bonds is 4. The van der Waals surface area contributed by atoms with E-state index in [1.54, 1.807) is 22.7 Å². The molecule has 0 bridgehead atoms. The summed E-state index contributed by atoms with van der Waals surface area (Å²) in [4.78, 5) is 29.5. The quantitative estimate of drug-likeness (QED) is 0.528. The van der Waals surface area contributed by atoms with Crippen molar-refractivity contribution in [3.63, 3.8) is 0 Å². The van der Waals surface area contributed by atoms with Gasteiger partial charge in [0, 0.05) is 42.7 Å². The molecule has 5 nitrogen and oxygen atoms in total. The van der Waals surface area contributed by atoms with Crippen LogP contribution in [0.4, 0.5) is 0 Å². The van der Waals surface area contributed by atoms with Crippen LogP contribution < -0.4 is 5.56 Å². The molecule has 0 fully saturated rings. The van der Waals surface area contributed by atoms with Gasteiger partial charge < -0.3 is 4.98 Å². The lowest BCUT2D eigenvalue weighted by Gasteiger charge is -2.27. The molecule has 4 aromatic rings. The topological polar surface area (TPSA) is 61.9 Å². The molecule has 4 heterocycles. The first-order valence-corrected chi connectivity index (χ1v) is 11.3. The number of hydrogen-bond acceptors (Lipinski definition) is 6. The molecular weight excluding hydrogens is 400 g/mol. The maximum absolute atomic E-state index is 12.7. The Labute approximate surface area is 176 Å². The summed E-state index contributed by atoms with van der Waals surface area (Å²) < 4.78 is 0. The van der Waals surface area contributed by atoms with Crippen LogP contribution >= 0.6 is 22.7 Å². The van der Waals surface area contributed by atoms with Gasteiger partial charge in [0.25, 0.3) is 5.56 Å². The summed E-state index contributed by atoms with van der Waals surface area (Å²) in [5.74, 6) is 0.683. The van der Waals surface area contributed by atoms with Gasteiger partial charge in [-0.1, -0.05) is 30.3 Å². The highest BCUT2D eigenvalue weighted by atomic mass is 32.1. The number of aromatic nitrogens is 3. The Morgan fingerprint density at radius 3 is 2.93 bits per heavy atom. The first kappa shape index (κ1) is 18.4. The van der Waals surface area contributed by atoms with Gasteiger partial charge in [-0.25, -0.2) is 9.97 Å². The van der Waals surface area contributed by atoms with E-state index >= 15 is 0 Å². The molecule has 0 saturated heterocycles. The number of aromatic amines is 1. The molecule has 0 radical (unpaired) electrons. The van der Waals surface area contributed by atoms with Crippen molar-refractivity contribution in [2.24, 2.45) is 0 Å². The van der Waals surface area contributed by atoms with Crippen molar-refractivity contribution < 1.29 is 0 Å². The molecule has 1 aliphatic heterocycles. The van der Waals surface area contributed by atoms with E-state index in [4.69, 9.17) is 4.98 Å². The number of fused-ring (bicyclic) bond motifs is 1. The monoisotopic (exact) mass is 420 g/mol. The van der Waals surface area contributed by atoms with Crippen molar-refractivity contribution >= 4 is 22.7 Å². The van der Waals surface area contributed by atoms with E-state index in [1.165, 1.54) is 16.0 Å². The molecule has 1 aromatic carbocycles. The minimum Gasteiger partial charge on any atom is -0.306 e. The Morgan fingerprint density at radius 1 is 1.21 bits per heavy atom. The average molecular weight is 421 g/mol. The van der Waals surface area contributed by atoms with Crippen molar-refractivity contribution in [3.8, 4) is 21.3 Å². The Bertz CT molecular complexity index is 1210. The molecule has 0 aliphatic carbocycles. The first-order chi connectivity index (χ1) is 14.2. The van der Waals surface area contributed by atoms with E-state index in [0.29, 0.717) is 12.4 Å². The summed E-state index contributed by atoms with van der Waals surface area (Å²) >= 11 is 3.32. The van der Waals surface area contributed by atoms with Crippen LogP contribution in [0.3, 0.4) is 0 Å². The zero-order chi connectivity index (χ0) is 19.8. The van der Waals surface area contributed by atoms with Crippen LogP contribution in [0, 0.1) is 6.92 Å². The van der Waals surface area contributed by atoms with E-state index in [2.05, 4.69) is 40.0 Å². The van der Waals surface area contributed by atoms with Gasteiger partial charge in [-0.05, 0) is 23.9 Å². The molecule has 3 aromatic heterocycles. The van der Waals surface area contributed by atoms with Crippen LogP contribution in [0.2, 0.25) is 0 Å². The summed E-state index contributed by atoms with van der Waals surface area (Å²) in [6.07, 6.45) is 2.76. The lowest BCUT2D eigenvalue weighted by Crippen LogP contribution is -2.35. The third-order valence-electron chi connectivity index (χ3n) is 5.21. The largest absolute Gasteiger partial charge is 0.306 e. The zero-order valence-corrected chi connectivity index (χ0v) is 17.6. The van der Waals surface area contributed by atoms with E-state index in [9.17, 15) is 4.79 Å². The van der Waals surface area contributed by atoms with Crippen molar-refractivity contribution in [2.75, 3.05) is 6.54 Å². The number of aryl methyl sites for hydroxylation is 1. The summed E-state index contributed by atoms with van der Waals surface area (Å²) in [6.45, 7) is 4.43. The molecule has 0 atom stereocenters. The molecule has 7 heteroatoms. The Hall–Kier alpha value is -2.61. The second-order valence-electron chi connectivity index (χ2n) is 7.22. The number of nitrogens with one attached hydrogen (secondary N) is 1. The zero-order valence-electron chi connectivity index (χ0n) is 16.0. The van der Waals surface area contributed by atoms with Gasteiger partial charge in [-0.2, -0.15) is 0 Å². The number of nitrogens with zero attached hydrogens (tertiary/aromatic N) is 3.